The number of carbonyl (C=O) groups excluding carboxylic acids is 1. The van der Waals surface area contributed by atoms with Crippen molar-refractivity contribution in [1.29, 1.82) is 0 Å². The molecule has 0 saturated carbocycles. The van der Waals surface area contributed by atoms with Gasteiger partial charge in [0.15, 0.2) is 0 Å². The van der Waals surface area contributed by atoms with Gasteiger partial charge in [-0.2, -0.15) is 0 Å². The number of hydrogen-bond donors (Lipinski definition) is 0. The predicted molar refractivity (Wildman–Crippen MR) is 72.8 cm³/mol. The van der Waals surface area contributed by atoms with Crippen molar-refractivity contribution in [2.24, 2.45) is 11.8 Å². The number of hydrogen-bond acceptors (Lipinski definition) is 1. The lowest BCUT2D eigenvalue weighted by Crippen LogP contribution is -2.50. The van der Waals surface area contributed by atoms with Crippen LogP contribution in [0.5, 0.6) is 0 Å². The summed E-state index contributed by atoms with van der Waals surface area (Å²) in [5.74, 6) is 1.26. The average molecular weight is 237 g/mol. The Morgan fingerprint density at radius 1 is 1.18 bits per heavy atom. The van der Waals surface area contributed by atoms with Crippen LogP contribution < -0.4 is 0 Å². The van der Waals surface area contributed by atoms with Crippen LogP contribution in [-0.2, 0) is 4.79 Å². The summed E-state index contributed by atoms with van der Waals surface area (Å²) in [6.45, 7) is 12.9. The number of nitrogens with zero attached hydrogens (tertiary/aromatic N) is 1. The van der Waals surface area contributed by atoms with Gasteiger partial charge < -0.3 is 4.90 Å². The van der Waals surface area contributed by atoms with Crippen molar-refractivity contribution in [3.8, 4) is 0 Å². The molecule has 1 atom stereocenters. The fourth-order valence-electron chi connectivity index (χ4n) is 2.69. The summed E-state index contributed by atoms with van der Waals surface area (Å²) in [5, 5.41) is 0. The Balaban J connectivity index is 2.95. The van der Waals surface area contributed by atoms with Crippen LogP contribution in [0.2, 0.25) is 0 Å². The Labute approximate surface area is 106 Å². The van der Waals surface area contributed by atoms with E-state index in [0.717, 1.165) is 18.4 Å². The number of piperidine rings is 1. The van der Waals surface area contributed by atoms with E-state index in [4.69, 9.17) is 0 Å². The maximum atomic E-state index is 12.5. The molecule has 1 unspecified atom stereocenters. The first-order valence-corrected chi connectivity index (χ1v) is 6.88. The van der Waals surface area contributed by atoms with Gasteiger partial charge in [-0.3, -0.25) is 4.79 Å². The summed E-state index contributed by atoms with van der Waals surface area (Å²) in [6, 6.07) is 0.706. The van der Waals surface area contributed by atoms with Gasteiger partial charge in [0.1, 0.15) is 0 Å². The van der Waals surface area contributed by atoms with Gasteiger partial charge in [0, 0.05) is 17.7 Å². The standard InChI is InChI=1S/C15H27NO/c1-10(2)9-13-7-8-14(11(3)4)16(12(5)6)15(13)17/h9-12,14H,7-8H2,1-6H3/b13-9+. The molecule has 2 heteroatoms. The second-order valence-electron chi connectivity index (χ2n) is 6.09. The first kappa shape index (κ1) is 14.3. The van der Waals surface area contributed by atoms with Crippen LogP contribution in [0.1, 0.15) is 54.4 Å². The quantitative estimate of drug-likeness (QED) is 0.686. The smallest absolute Gasteiger partial charge is 0.249 e. The van der Waals surface area contributed by atoms with Crippen molar-refractivity contribution in [2.75, 3.05) is 0 Å². The highest BCUT2D eigenvalue weighted by atomic mass is 16.2. The van der Waals surface area contributed by atoms with E-state index < -0.39 is 0 Å². The molecule has 1 fully saturated rings. The van der Waals surface area contributed by atoms with Crippen molar-refractivity contribution in [3.05, 3.63) is 11.6 Å². The number of rotatable bonds is 3. The molecule has 1 saturated heterocycles. The molecule has 0 N–H and O–H groups in total. The van der Waals surface area contributed by atoms with Crippen LogP contribution >= 0.6 is 0 Å². The van der Waals surface area contributed by atoms with Crippen molar-refractivity contribution in [2.45, 2.75) is 66.5 Å². The summed E-state index contributed by atoms with van der Waals surface area (Å²) in [7, 11) is 0. The molecular weight excluding hydrogens is 210 g/mol. The van der Waals surface area contributed by atoms with Gasteiger partial charge in [-0.05, 0) is 38.5 Å². The lowest BCUT2D eigenvalue weighted by molar-refractivity contribution is -0.134. The zero-order valence-electron chi connectivity index (χ0n) is 12.2. The Bertz CT molecular complexity index is 302. The Kier molecular flexibility index (Phi) is 4.79. The van der Waals surface area contributed by atoms with E-state index in [0.29, 0.717) is 23.9 Å². The molecule has 0 aromatic carbocycles. The monoisotopic (exact) mass is 237 g/mol. The Morgan fingerprint density at radius 3 is 2.18 bits per heavy atom. The number of carbonyl (C=O) groups is 1. The fourth-order valence-corrected chi connectivity index (χ4v) is 2.69. The van der Waals surface area contributed by atoms with Crippen molar-refractivity contribution in [1.82, 2.24) is 4.90 Å². The third-order valence-corrected chi connectivity index (χ3v) is 3.44. The minimum atomic E-state index is 0.263. The van der Waals surface area contributed by atoms with E-state index in [1.807, 2.05) is 0 Å². The van der Waals surface area contributed by atoms with E-state index in [9.17, 15) is 4.79 Å². The summed E-state index contributed by atoms with van der Waals surface area (Å²) >= 11 is 0. The number of likely N-dealkylation sites (tertiary alicyclic amines) is 1. The topological polar surface area (TPSA) is 20.3 Å². The third-order valence-electron chi connectivity index (χ3n) is 3.44. The van der Waals surface area contributed by atoms with Crippen LogP contribution in [0.3, 0.4) is 0 Å². The van der Waals surface area contributed by atoms with Gasteiger partial charge in [0.25, 0.3) is 0 Å². The number of allylic oxidation sites excluding steroid dienone is 1. The van der Waals surface area contributed by atoms with Gasteiger partial charge in [-0.25, -0.2) is 0 Å². The number of amides is 1. The molecule has 0 spiro atoms. The Hall–Kier alpha value is -0.790. The molecule has 0 aliphatic carbocycles. The van der Waals surface area contributed by atoms with Crippen LogP contribution in [0.4, 0.5) is 0 Å². The second-order valence-corrected chi connectivity index (χ2v) is 6.09. The van der Waals surface area contributed by atoms with Gasteiger partial charge >= 0.3 is 0 Å². The fraction of sp³-hybridized carbons (Fsp3) is 0.800. The van der Waals surface area contributed by atoms with E-state index in [1.54, 1.807) is 0 Å². The zero-order chi connectivity index (χ0) is 13.2. The van der Waals surface area contributed by atoms with E-state index in [1.165, 1.54) is 0 Å². The molecule has 1 heterocycles. The van der Waals surface area contributed by atoms with Crippen LogP contribution in [0.15, 0.2) is 11.6 Å². The molecule has 98 valence electrons. The summed E-state index contributed by atoms with van der Waals surface area (Å²) in [5.41, 5.74) is 1.02. The van der Waals surface area contributed by atoms with Gasteiger partial charge in [0.05, 0.1) is 0 Å². The van der Waals surface area contributed by atoms with E-state index in [2.05, 4.69) is 52.5 Å². The highest BCUT2D eigenvalue weighted by Gasteiger charge is 2.34. The molecule has 0 aromatic heterocycles. The van der Waals surface area contributed by atoms with Gasteiger partial charge in [0.2, 0.25) is 5.91 Å². The Morgan fingerprint density at radius 2 is 1.76 bits per heavy atom. The van der Waals surface area contributed by atoms with Gasteiger partial charge in [-0.15, -0.1) is 0 Å². The van der Waals surface area contributed by atoms with Crippen molar-refractivity contribution >= 4 is 5.91 Å². The van der Waals surface area contributed by atoms with E-state index >= 15 is 0 Å². The minimum absolute atomic E-state index is 0.263. The molecule has 1 aliphatic rings. The lowest BCUT2D eigenvalue weighted by Gasteiger charge is -2.42. The molecule has 2 nitrogen and oxygen atoms in total. The normalized spacial score (nSPS) is 24.5. The molecule has 1 aliphatic heterocycles. The highest BCUT2D eigenvalue weighted by molar-refractivity contribution is 5.94. The molecule has 1 amide bonds. The van der Waals surface area contributed by atoms with Crippen molar-refractivity contribution < 1.29 is 4.79 Å². The van der Waals surface area contributed by atoms with E-state index in [-0.39, 0.29) is 5.91 Å². The van der Waals surface area contributed by atoms with Crippen molar-refractivity contribution in [3.63, 3.8) is 0 Å². The SMILES string of the molecule is CC(C)/C=C1\CCC(C(C)C)N(C(C)C)C1=O. The summed E-state index contributed by atoms with van der Waals surface area (Å²) in [6.07, 6.45) is 4.19. The maximum Gasteiger partial charge on any atom is 0.249 e. The first-order chi connectivity index (χ1) is 7.84. The molecule has 0 radical (unpaired) electrons. The van der Waals surface area contributed by atoms with Crippen LogP contribution in [0, 0.1) is 11.8 Å². The molecule has 0 bridgehead atoms. The average Bonchev–Trinajstić information content (AvgIpc) is 2.19. The van der Waals surface area contributed by atoms with Gasteiger partial charge in [-0.1, -0.05) is 33.8 Å². The maximum absolute atomic E-state index is 12.5. The van der Waals surface area contributed by atoms with Crippen LogP contribution in [0.25, 0.3) is 0 Å². The molecular formula is C15H27NO. The molecule has 0 aromatic rings. The molecule has 1 rings (SSSR count). The minimum Gasteiger partial charge on any atom is -0.333 e. The highest BCUT2D eigenvalue weighted by Crippen LogP contribution is 2.29. The van der Waals surface area contributed by atoms with Crippen LogP contribution in [-0.4, -0.2) is 22.9 Å². The lowest BCUT2D eigenvalue weighted by atomic mass is 9.87. The largest absolute Gasteiger partial charge is 0.333 e. The summed E-state index contributed by atoms with van der Waals surface area (Å²) < 4.78 is 0. The zero-order valence-corrected chi connectivity index (χ0v) is 12.2. The predicted octanol–water partition coefficient (Wildman–Crippen LogP) is 3.62. The second kappa shape index (κ2) is 5.70. The first-order valence-electron chi connectivity index (χ1n) is 6.88. The summed E-state index contributed by atoms with van der Waals surface area (Å²) in [4.78, 5) is 14.6. The third kappa shape index (κ3) is 3.34. The molecule has 17 heavy (non-hydrogen) atoms.